The van der Waals surface area contributed by atoms with Gasteiger partial charge in [-0.15, -0.1) is 0 Å². The molecule has 0 radical (unpaired) electrons. The minimum Gasteiger partial charge on any atom is -0.399 e. The number of aliphatic hydroxyl groups is 1. The summed E-state index contributed by atoms with van der Waals surface area (Å²) in [6.45, 7) is 2.58. The highest BCUT2D eigenvalue weighted by atomic mass is 32.2. The second kappa shape index (κ2) is 7.72. The van der Waals surface area contributed by atoms with Crippen molar-refractivity contribution in [3.8, 4) is 0 Å². The van der Waals surface area contributed by atoms with Crippen molar-refractivity contribution in [3.63, 3.8) is 0 Å². The molecule has 0 heterocycles. The first-order valence-corrected chi connectivity index (χ1v) is 8.91. The van der Waals surface area contributed by atoms with Crippen molar-refractivity contribution in [3.05, 3.63) is 17.7 Å². The predicted octanol–water partition coefficient (Wildman–Crippen LogP) is 0.752. The topological polar surface area (TPSA) is 118 Å². The van der Waals surface area contributed by atoms with Gasteiger partial charge in [-0.05, 0) is 36.8 Å². The number of aliphatic hydroxyl groups excluding tert-OH is 1. The highest BCUT2D eigenvalue weighted by Crippen LogP contribution is 2.26. The highest BCUT2D eigenvalue weighted by molar-refractivity contribution is 7.99. The van der Waals surface area contributed by atoms with Gasteiger partial charge in [-0.3, -0.25) is 0 Å². The Morgan fingerprint density at radius 3 is 2.65 bits per heavy atom. The predicted molar refractivity (Wildman–Crippen MR) is 84.5 cm³/mol. The number of sulfonamides is 1. The molecule has 0 aliphatic heterocycles. The Kier molecular flexibility index (Phi) is 6.60. The fourth-order valence-corrected chi connectivity index (χ4v) is 3.34. The third-order valence-electron chi connectivity index (χ3n) is 2.70. The molecule has 114 valence electrons. The zero-order valence-corrected chi connectivity index (χ0v) is 13.1. The molecule has 6 nitrogen and oxygen atoms in total. The minimum absolute atomic E-state index is 0.0490. The Morgan fingerprint density at radius 1 is 1.35 bits per heavy atom. The van der Waals surface area contributed by atoms with Crippen LogP contribution in [0.3, 0.4) is 0 Å². The summed E-state index contributed by atoms with van der Waals surface area (Å²) in [4.78, 5) is 0.0490. The van der Waals surface area contributed by atoms with Gasteiger partial charge in [0.2, 0.25) is 10.0 Å². The van der Waals surface area contributed by atoms with Crippen molar-refractivity contribution >= 4 is 33.2 Å². The van der Waals surface area contributed by atoms with E-state index in [1.165, 1.54) is 6.07 Å². The third kappa shape index (κ3) is 5.20. The van der Waals surface area contributed by atoms with Crippen molar-refractivity contribution in [1.82, 2.24) is 0 Å². The van der Waals surface area contributed by atoms with Crippen LogP contribution in [0.15, 0.2) is 17.0 Å². The van der Waals surface area contributed by atoms with Gasteiger partial charge in [-0.25, -0.2) is 13.6 Å². The molecule has 0 fully saturated rings. The summed E-state index contributed by atoms with van der Waals surface area (Å²) in [6, 6.07) is 3.06. The first-order valence-electron chi connectivity index (χ1n) is 6.21. The van der Waals surface area contributed by atoms with Crippen LogP contribution in [0, 0.1) is 6.92 Å². The van der Waals surface area contributed by atoms with E-state index in [2.05, 4.69) is 5.32 Å². The standard InChI is InChI=1S/C12H21N3O3S2/c1-9-11(15-3-6-19-5-2-4-16)7-10(13)8-12(9)20(14,17)18/h7-8,15-16H,2-6,13H2,1H3,(H2,14,17,18). The van der Waals surface area contributed by atoms with E-state index < -0.39 is 10.0 Å². The monoisotopic (exact) mass is 319 g/mol. The molecule has 1 aromatic rings. The number of hydrogen-bond acceptors (Lipinski definition) is 6. The molecule has 1 rings (SSSR count). The maximum Gasteiger partial charge on any atom is 0.238 e. The smallest absolute Gasteiger partial charge is 0.238 e. The van der Waals surface area contributed by atoms with E-state index in [-0.39, 0.29) is 11.5 Å². The lowest BCUT2D eigenvalue weighted by molar-refractivity contribution is 0.296. The highest BCUT2D eigenvalue weighted by Gasteiger charge is 2.15. The number of nitrogens with two attached hydrogens (primary N) is 2. The molecule has 0 saturated heterocycles. The number of primary sulfonamides is 1. The number of nitrogens with one attached hydrogen (secondary N) is 1. The Morgan fingerprint density at radius 2 is 2.05 bits per heavy atom. The van der Waals surface area contributed by atoms with Crippen LogP contribution in [0.4, 0.5) is 11.4 Å². The first-order chi connectivity index (χ1) is 9.36. The number of anilines is 2. The molecular weight excluding hydrogens is 298 g/mol. The van der Waals surface area contributed by atoms with Crippen molar-refractivity contribution in [2.75, 3.05) is 35.7 Å². The maximum absolute atomic E-state index is 11.5. The Hall–Kier alpha value is -0.960. The number of thioether (sulfide) groups is 1. The Bertz CT molecular complexity index is 547. The summed E-state index contributed by atoms with van der Waals surface area (Å²) in [6.07, 6.45) is 0.775. The molecule has 0 atom stereocenters. The number of hydrogen-bond donors (Lipinski definition) is 4. The van der Waals surface area contributed by atoms with Crippen molar-refractivity contribution in [2.24, 2.45) is 5.14 Å². The fraction of sp³-hybridized carbons (Fsp3) is 0.500. The van der Waals surface area contributed by atoms with Crippen LogP contribution in [-0.2, 0) is 10.0 Å². The number of rotatable bonds is 8. The van der Waals surface area contributed by atoms with Crippen LogP contribution >= 0.6 is 11.8 Å². The molecule has 0 aromatic heterocycles. The van der Waals surface area contributed by atoms with Gasteiger partial charge in [0.15, 0.2) is 0 Å². The van der Waals surface area contributed by atoms with E-state index in [1.54, 1.807) is 24.8 Å². The van der Waals surface area contributed by atoms with Crippen molar-refractivity contribution in [2.45, 2.75) is 18.2 Å². The van der Waals surface area contributed by atoms with Gasteiger partial charge < -0.3 is 16.2 Å². The van der Waals surface area contributed by atoms with E-state index in [4.69, 9.17) is 16.0 Å². The van der Waals surface area contributed by atoms with Gasteiger partial charge in [-0.1, -0.05) is 0 Å². The molecule has 0 unspecified atom stereocenters. The van der Waals surface area contributed by atoms with E-state index >= 15 is 0 Å². The van der Waals surface area contributed by atoms with Gasteiger partial charge in [0, 0.05) is 30.3 Å². The normalized spacial score (nSPS) is 11.6. The lowest BCUT2D eigenvalue weighted by atomic mass is 10.2. The number of benzene rings is 1. The molecule has 6 N–H and O–H groups in total. The van der Waals surface area contributed by atoms with Crippen molar-refractivity contribution in [1.29, 1.82) is 0 Å². The van der Waals surface area contributed by atoms with Crippen LogP contribution in [0.5, 0.6) is 0 Å². The van der Waals surface area contributed by atoms with Crippen LogP contribution in [-0.4, -0.2) is 38.2 Å². The quantitative estimate of drug-likeness (QED) is 0.415. The van der Waals surface area contributed by atoms with E-state index in [0.29, 0.717) is 23.5 Å². The summed E-state index contributed by atoms with van der Waals surface area (Å²) in [5.41, 5.74) is 7.31. The van der Waals surface area contributed by atoms with Crippen LogP contribution in [0.1, 0.15) is 12.0 Å². The molecule has 0 aliphatic carbocycles. The Balaban J connectivity index is 2.69. The van der Waals surface area contributed by atoms with Gasteiger partial charge in [-0.2, -0.15) is 11.8 Å². The average Bonchev–Trinajstić information content (AvgIpc) is 2.35. The maximum atomic E-state index is 11.5. The molecular formula is C12H21N3O3S2. The van der Waals surface area contributed by atoms with Gasteiger partial charge in [0.1, 0.15) is 0 Å². The average molecular weight is 319 g/mol. The lowest BCUT2D eigenvalue weighted by Crippen LogP contribution is -2.16. The molecule has 0 saturated carbocycles. The number of nitrogen functional groups attached to an aromatic ring is 1. The second-order valence-electron chi connectivity index (χ2n) is 4.35. The van der Waals surface area contributed by atoms with Crippen LogP contribution in [0.25, 0.3) is 0 Å². The molecule has 0 aliphatic rings. The molecule has 0 bridgehead atoms. The zero-order valence-electron chi connectivity index (χ0n) is 11.4. The second-order valence-corrected chi connectivity index (χ2v) is 7.11. The largest absolute Gasteiger partial charge is 0.399 e. The van der Waals surface area contributed by atoms with Gasteiger partial charge >= 0.3 is 0 Å². The molecule has 8 heteroatoms. The van der Waals surface area contributed by atoms with Gasteiger partial charge in [0.05, 0.1) is 4.90 Å². The molecule has 20 heavy (non-hydrogen) atoms. The van der Waals surface area contributed by atoms with E-state index in [9.17, 15) is 8.42 Å². The Labute approximate surface area is 124 Å². The first kappa shape index (κ1) is 17.1. The summed E-state index contributed by atoms with van der Waals surface area (Å²) >= 11 is 1.72. The van der Waals surface area contributed by atoms with E-state index in [0.717, 1.165) is 17.9 Å². The van der Waals surface area contributed by atoms with Crippen LogP contribution in [0.2, 0.25) is 0 Å². The molecule has 0 spiro atoms. The summed E-state index contributed by atoms with van der Waals surface area (Å²) in [5.74, 6) is 1.76. The molecule has 0 amide bonds. The SMILES string of the molecule is Cc1c(NCCSCCCO)cc(N)cc1S(N)(=O)=O. The minimum atomic E-state index is -3.77. The lowest BCUT2D eigenvalue weighted by Gasteiger charge is -2.13. The summed E-state index contributed by atoms with van der Waals surface area (Å²) < 4.78 is 22.9. The van der Waals surface area contributed by atoms with Gasteiger partial charge in [0.25, 0.3) is 0 Å². The summed E-state index contributed by atoms with van der Waals surface area (Å²) in [7, 11) is -3.77. The molecule has 1 aromatic carbocycles. The third-order valence-corrected chi connectivity index (χ3v) is 4.80. The van der Waals surface area contributed by atoms with Crippen LogP contribution < -0.4 is 16.2 Å². The summed E-state index contributed by atoms with van der Waals surface area (Å²) in [5, 5.41) is 17.0. The van der Waals surface area contributed by atoms with E-state index in [1.807, 2.05) is 0 Å². The zero-order chi connectivity index (χ0) is 15.2. The fourth-order valence-electron chi connectivity index (χ4n) is 1.71. The van der Waals surface area contributed by atoms with Crippen molar-refractivity contribution < 1.29 is 13.5 Å².